The van der Waals surface area contributed by atoms with E-state index in [1.807, 2.05) is 19.9 Å². The monoisotopic (exact) mass is 318 g/mol. The molecule has 5 heteroatoms. The van der Waals surface area contributed by atoms with Crippen molar-refractivity contribution >= 4 is 0 Å². The third-order valence-corrected chi connectivity index (χ3v) is 3.45. The van der Waals surface area contributed by atoms with Crippen molar-refractivity contribution in [3.8, 4) is 11.6 Å². The molecule has 124 valence electrons. The Hall–Kier alpha value is -2.17. The Morgan fingerprint density at radius 2 is 1.78 bits per heavy atom. The minimum Gasteiger partial charge on any atom is -0.494 e. The highest BCUT2D eigenvalue weighted by Gasteiger charge is 2.12. The van der Waals surface area contributed by atoms with E-state index < -0.39 is 5.82 Å². The molecule has 0 radical (unpaired) electrons. The number of ether oxygens (including phenoxy) is 2. The van der Waals surface area contributed by atoms with E-state index >= 15 is 0 Å². The highest BCUT2D eigenvalue weighted by Crippen LogP contribution is 2.22. The summed E-state index contributed by atoms with van der Waals surface area (Å²) in [6, 6.07) is 6.62. The van der Waals surface area contributed by atoms with Crippen LogP contribution in [-0.4, -0.2) is 17.1 Å². The van der Waals surface area contributed by atoms with Crippen LogP contribution in [0.1, 0.15) is 56.6 Å². The topological polar surface area (TPSA) is 44.2 Å². The van der Waals surface area contributed by atoms with Crippen LogP contribution in [-0.2, 0) is 6.61 Å². The van der Waals surface area contributed by atoms with E-state index in [4.69, 9.17) is 9.47 Å². The molecule has 4 nitrogen and oxygen atoms in total. The normalized spacial score (nSPS) is 11.1. The maximum atomic E-state index is 13.7. The molecule has 0 saturated carbocycles. The fourth-order valence-corrected chi connectivity index (χ4v) is 2.05. The second-order valence-electron chi connectivity index (χ2n) is 6.06. The lowest BCUT2D eigenvalue weighted by Crippen LogP contribution is -2.06. The number of rotatable bonds is 6. The average molecular weight is 318 g/mol. The van der Waals surface area contributed by atoms with Gasteiger partial charge in [0.25, 0.3) is 0 Å². The Kier molecular flexibility index (Phi) is 5.53. The van der Waals surface area contributed by atoms with Crippen molar-refractivity contribution in [2.45, 2.75) is 46.1 Å². The van der Waals surface area contributed by atoms with E-state index in [2.05, 4.69) is 23.8 Å². The van der Waals surface area contributed by atoms with E-state index in [0.717, 1.165) is 17.1 Å². The van der Waals surface area contributed by atoms with Gasteiger partial charge in [-0.25, -0.2) is 9.37 Å². The summed E-state index contributed by atoms with van der Waals surface area (Å²) in [4.78, 5) is 8.99. The van der Waals surface area contributed by atoms with Gasteiger partial charge < -0.3 is 9.47 Å². The molecule has 0 saturated heterocycles. The zero-order valence-corrected chi connectivity index (χ0v) is 14.3. The fourth-order valence-electron chi connectivity index (χ4n) is 2.05. The first kappa shape index (κ1) is 17.2. The van der Waals surface area contributed by atoms with Crippen LogP contribution in [0.3, 0.4) is 0 Å². The molecule has 2 aromatic rings. The van der Waals surface area contributed by atoms with Gasteiger partial charge in [-0.15, -0.1) is 0 Å². The van der Waals surface area contributed by atoms with Crippen LogP contribution in [0.15, 0.2) is 24.3 Å². The summed E-state index contributed by atoms with van der Waals surface area (Å²) >= 11 is 0. The van der Waals surface area contributed by atoms with Crippen LogP contribution in [0.5, 0.6) is 11.6 Å². The van der Waals surface area contributed by atoms with Gasteiger partial charge >= 0.3 is 0 Å². The van der Waals surface area contributed by atoms with Gasteiger partial charge in [0.15, 0.2) is 11.6 Å². The van der Waals surface area contributed by atoms with Gasteiger partial charge in [-0.1, -0.05) is 33.8 Å². The fraction of sp³-hybridized carbons (Fsp3) is 0.444. The van der Waals surface area contributed by atoms with E-state index in [-0.39, 0.29) is 24.2 Å². The molecule has 0 aliphatic rings. The summed E-state index contributed by atoms with van der Waals surface area (Å²) in [7, 11) is 1.44. The quantitative estimate of drug-likeness (QED) is 0.789. The molecule has 0 aliphatic heterocycles. The summed E-state index contributed by atoms with van der Waals surface area (Å²) in [5.74, 6) is 1.60. The van der Waals surface area contributed by atoms with Crippen molar-refractivity contribution in [2.75, 3.05) is 7.11 Å². The van der Waals surface area contributed by atoms with Crippen LogP contribution in [0.2, 0.25) is 0 Å². The molecular weight excluding hydrogens is 295 g/mol. The first-order valence-corrected chi connectivity index (χ1v) is 7.74. The second-order valence-corrected chi connectivity index (χ2v) is 6.06. The molecule has 23 heavy (non-hydrogen) atoms. The summed E-state index contributed by atoms with van der Waals surface area (Å²) in [5.41, 5.74) is 1.67. The van der Waals surface area contributed by atoms with Gasteiger partial charge in [0.2, 0.25) is 5.88 Å². The Bertz CT molecular complexity index is 646. The molecule has 0 amide bonds. The van der Waals surface area contributed by atoms with Gasteiger partial charge in [0.05, 0.1) is 12.8 Å². The van der Waals surface area contributed by atoms with Crippen LogP contribution in [0, 0.1) is 5.82 Å². The van der Waals surface area contributed by atoms with E-state index in [9.17, 15) is 4.39 Å². The lowest BCUT2D eigenvalue weighted by molar-refractivity contribution is 0.289. The maximum Gasteiger partial charge on any atom is 0.217 e. The minimum absolute atomic E-state index is 0.217. The number of nitrogens with zero attached hydrogens (tertiary/aromatic N) is 2. The smallest absolute Gasteiger partial charge is 0.217 e. The van der Waals surface area contributed by atoms with Crippen molar-refractivity contribution < 1.29 is 13.9 Å². The maximum absolute atomic E-state index is 13.7. The number of hydrogen-bond donors (Lipinski definition) is 0. The second kappa shape index (κ2) is 7.40. The van der Waals surface area contributed by atoms with Crippen LogP contribution >= 0.6 is 0 Å². The van der Waals surface area contributed by atoms with Gasteiger partial charge in [-0.3, -0.25) is 0 Å². The third kappa shape index (κ3) is 4.41. The molecular formula is C18H23FN2O2. The van der Waals surface area contributed by atoms with Crippen LogP contribution < -0.4 is 9.47 Å². The lowest BCUT2D eigenvalue weighted by atomic mass is 10.1. The number of halogens is 1. The zero-order chi connectivity index (χ0) is 17.0. The largest absolute Gasteiger partial charge is 0.494 e. The average Bonchev–Trinajstić information content (AvgIpc) is 2.52. The van der Waals surface area contributed by atoms with Crippen molar-refractivity contribution in [1.29, 1.82) is 0 Å². The molecule has 0 N–H and O–H groups in total. The van der Waals surface area contributed by atoms with Gasteiger partial charge in [-0.05, 0) is 23.6 Å². The Morgan fingerprint density at radius 3 is 2.35 bits per heavy atom. The summed E-state index contributed by atoms with van der Waals surface area (Å²) < 4.78 is 24.4. The summed E-state index contributed by atoms with van der Waals surface area (Å²) in [6.07, 6.45) is 0. The Labute approximate surface area is 136 Å². The van der Waals surface area contributed by atoms with Crippen molar-refractivity contribution in [3.05, 3.63) is 47.2 Å². The van der Waals surface area contributed by atoms with Crippen LogP contribution in [0.4, 0.5) is 4.39 Å². The summed E-state index contributed by atoms with van der Waals surface area (Å²) in [5, 5.41) is 0. The van der Waals surface area contributed by atoms with E-state index in [0.29, 0.717) is 5.88 Å². The lowest BCUT2D eigenvalue weighted by Gasteiger charge is -2.13. The third-order valence-electron chi connectivity index (χ3n) is 3.45. The number of methoxy groups -OCH3 is 1. The van der Waals surface area contributed by atoms with Crippen LogP contribution in [0.25, 0.3) is 0 Å². The van der Waals surface area contributed by atoms with Crippen molar-refractivity contribution in [2.24, 2.45) is 0 Å². The minimum atomic E-state index is -0.401. The number of aromatic nitrogens is 2. The predicted molar refractivity (Wildman–Crippen MR) is 87.5 cm³/mol. The highest BCUT2D eigenvalue weighted by molar-refractivity contribution is 5.29. The molecule has 1 heterocycles. The number of benzene rings is 1. The van der Waals surface area contributed by atoms with Gasteiger partial charge in [-0.2, -0.15) is 4.98 Å². The molecule has 1 aromatic carbocycles. The predicted octanol–water partition coefficient (Wildman–Crippen LogP) is 4.45. The summed E-state index contributed by atoms with van der Waals surface area (Å²) in [6.45, 7) is 8.49. The Morgan fingerprint density at radius 1 is 1.04 bits per heavy atom. The van der Waals surface area contributed by atoms with E-state index in [1.165, 1.54) is 13.2 Å². The standard InChI is InChI=1S/C18H23FN2O2/c1-11(2)15-9-17(21-18(20-15)12(3)4)23-10-13-6-7-16(22-5)14(19)8-13/h6-9,11-12H,10H2,1-5H3. The van der Waals surface area contributed by atoms with Crippen molar-refractivity contribution in [3.63, 3.8) is 0 Å². The first-order valence-electron chi connectivity index (χ1n) is 7.74. The Balaban J connectivity index is 2.17. The molecule has 0 aliphatic carbocycles. The molecule has 0 bridgehead atoms. The molecule has 0 atom stereocenters. The molecule has 0 spiro atoms. The van der Waals surface area contributed by atoms with Gasteiger partial charge in [0.1, 0.15) is 12.4 Å². The molecule has 0 unspecified atom stereocenters. The van der Waals surface area contributed by atoms with E-state index in [1.54, 1.807) is 12.1 Å². The van der Waals surface area contributed by atoms with Gasteiger partial charge in [0, 0.05) is 12.0 Å². The molecule has 2 rings (SSSR count). The van der Waals surface area contributed by atoms with Crippen molar-refractivity contribution in [1.82, 2.24) is 9.97 Å². The number of hydrogen-bond acceptors (Lipinski definition) is 4. The molecule has 0 fully saturated rings. The zero-order valence-electron chi connectivity index (χ0n) is 14.3. The SMILES string of the molecule is COc1ccc(COc2cc(C(C)C)nc(C(C)C)n2)cc1F. The highest BCUT2D eigenvalue weighted by atomic mass is 19.1. The first-order chi connectivity index (χ1) is 10.9. The molecule has 1 aromatic heterocycles.